The van der Waals surface area contributed by atoms with Crippen LogP contribution in [0, 0.1) is 5.92 Å². The molecule has 0 saturated heterocycles. The monoisotopic (exact) mass is 255 g/mol. The van der Waals surface area contributed by atoms with Crippen molar-refractivity contribution in [1.82, 2.24) is 0 Å². The summed E-state index contributed by atoms with van der Waals surface area (Å²) in [6.45, 7) is 2.09. The Morgan fingerprint density at radius 2 is 1.47 bits per heavy atom. The largest absolute Gasteiger partial charge is 0.387 e. The fraction of sp³-hybridized carbons (Fsp3) is 0.294. The summed E-state index contributed by atoms with van der Waals surface area (Å²) in [6, 6.07) is 19.6. The van der Waals surface area contributed by atoms with Gasteiger partial charge in [-0.25, -0.2) is 0 Å². The van der Waals surface area contributed by atoms with Crippen LogP contribution in [0.15, 0.2) is 60.7 Å². The van der Waals surface area contributed by atoms with Crippen molar-refractivity contribution in [3.05, 3.63) is 71.8 Å². The molecule has 0 radical (unpaired) electrons. The van der Waals surface area contributed by atoms with Gasteiger partial charge in [0.2, 0.25) is 0 Å². The van der Waals surface area contributed by atoms with E-state index in [1.165, 1.54) is 5.56 Å². The number of aliphatic hydroxyl groups is 1. The number of nitrogens with two attached hydrogens (primary N) is 1. The molecule has 0 aliphatic carbocycles. The lowest BCUT2D eigenvalue weighted by Crippen LogP contribution is -2.36. The number of hydrogen-bond donors (Lipinski definition) is 2. The molecule has 0 aliphatic heterocycles. The van der Waals surface area contributed by atoms with Gasteiger partial charge in [-0.05, 0) is 23.5 Å². The molecule has 0 saturated carbocycles. The van der Waals surface area contributed by atoms with Crippen molar-refractivity contribution in [2.75, 3.05) is 0 Å². The quantitative estimate of drug-likeness (QED) is 0.863. The lowest BCUT2D eigenvalue weighted by Gasteiger charge is -2.25. The Morgan fingerprint density at radius 3 is 2.05 bits per heavy atom. The van der Waals surface area contributed by atoms with E-state index in [-0.39, 0.29) is 12.0 Å². The molecular weight excluding hydrogens is 234 g/mol. The zero-order valence-electron chi connectivity index (χ0n) is 11.2. The second-order valence-electron chi connectivity index (χ2n) is 5.10. The second kappa shape index (κ2) is 6.50. The summed E-state index contributed by atoms with van der Waals surface area (Å²) < 4.78 is 0. The first kappa shape index (κ1) is 13.8. The van der Waals surface area contributed by atoms with Crippen LogP contribution in [-0.4, -0.2) is 11.1 Å². The normalized spacial score (nSPS) is 15.7. The molecule has 0 spiro atoms. The van der Waals surface area contributed by atoms with E-state index >= 15 is 0 Å². The zero-order chi connectivity index (χ0) is 13.7. The van der Waals surface area contributed by atoms with Gasteiger partial charge in [0, 0.05) is 6.04 Å². The Labute approximate surface area is 114 Å². The Morgan fingerprint density at radius 1 is 0.947 bits per heavy atom. The average molecular weight is 255 g/mol. The number of benzene rings is 2. The molecular formula is C17H21NO. The van der Waals surface area contributed by atoms with Gasteiger partial charge < -0.3 is 10.8 Å². The maximum absolute atomic E-state index is 10.3. The first-order valence-corrected chi connectivity index (χ1v) is 6.71. The number of aliphatic hydroxyl groups excluding tert-OH is 1. The van der Waals surface area contributed by atoms with Crippen molar-refractivity contribution in [3.63, 3.8) is 0 Å². The molecule has 100 valence electrons. The maximum Gasteiger partial charge on any atom is 0.0943 e. The van der Waals surface area contributed by atoms with Crippen molar-refractivity contribution in [2.24, 2.45) is 11.7 Å². The van der Waals surface area contributed by atoms with Gasteiger partial charge in [-0.2, -0.15) is 0 Å². The van der Waals surface area contributed by atoms with E-state index in [1.807, 2.05) is 48.5 Å². The summed E-state index contributed by atoms with van der Waals surface area (Å²) in [7, 11) is 0. The third-order valence-electron chi connectivity index (χ3n) is 3.56. The van der Waals surface area contributed by atoms with Gasteiger partial charge in [0.1, 0.15) is 0 Å². The molecule has 0 amide bonds. The van der Waals surface area contributed by atoms with Crippen LogP contribution in [0.2, 0.25) is 0 Å². The minimum atomic E-state index is -0.611. The highest BCUT2D eigenvalue weighted by Gasteiger charge is 2.22. The van der Waals surface area contributed by atoms with Crippen LogP contribution in [-0.2, 0) is 6.42 Å². The molecule has 1 unspecified atom stereocenters. The van der Waals surface area contributed by atoms with Crippen LogP contribution in [0.3, 0.4) is 0 Å². The van der Waals surface area contributed by atoms with E-state index in [9.17, 15) is 5.11 Å². The fourth-order valence-corrected chi connectivity index (χ4v) is 2.31. The lowest BCUT2D eigenvalue weighted by molar-refractivity contribution is 0.121. The van der Waals surface area contributed by atoms with Crippen LogP contribution in [0.4, 0.5) is 0 Å². The van der Waals surface area contributed by atoms with Gasteiger partial charge in [0.05, 0.1) is 6.10 Å². The molecule has 2 aromatic carbocycles. The summed E-state index contributed by atoms with van der Waals surface area (Å²) in [4.78, 5) is 0. The highest BCUT2D eigenvalue weighted by atomic mass is 16.3. The van der Waals surface area contributed by atoms with Crippen molar-refractivity contribution in [3.8, 4) is 0 Å². The van der Waals surface area contributed by atoms with Crippen LogP contribution < -0.4 is 5.73 Å². The fourth-order valence-electron chi connectivity index (χ4n) is 2.31. The highest BCUT2D eigenvalue weighted by molar-refractivity contribution is 5.20. The molecule has 0 aromatic heterocycles. The Balaban J connectivity index is 2.01. The molecule has 2 aromatic rings. The van der Waals surface area contributed by atoms with Gasteiger partial charge in [0.25, 0.3) is 0 Å². The van der Waals surface area contributed by atoms with Gasteiger partial charge >= 0.3 is 0 Å². The smallest absolute Gasteiger partial charge is 0.0943 e. The molecule has 2 nitrogen and oxygen atoms in total. The van der Waals surface area contributed by atoms with Crippen LogP contribution in [0.25, 0.3) is 0 Å². The summed E-state index contributed by atoms with van der Waals surface area (Å²) in [6.07, 6.45) is 0.270. The average Bonchev–Trinajstić information content (AvgIpc) is 2.47. The first-order chi connectivity index (χ1) is 9.18. The topological polar surface area (TPSA) is 46.2 Å². The van der Waals surface area contributed by atoms with Crippen LogP contribution in [0.1, 0.15) is 24.2 Å². The molecule has 19 heavy (non-hydrogen) atoms. The van der Waals surface area contributed by atoms with Gasteiger partial charge in [0.15, 0.2) is 0 Å². The predicted molar refractivity (Wildman–Crippen MR) is 78.7 cm³/mol. The number of hydrogen-bond acceptors (Lipinski definition) is 2. The van der Waals surface area contributed by atoms with Crippen molar-refractivity contribution in [2.45, 2.75) is 25.5 Å². The van der Waals surface area contributed by atoms with E-state index in [2.05, 4.69) is 19.1 Å². The SMILES string of the molecule is CC(Cc1ccccc1)[C@@H](N)[C@H](O)c1ccccc1. The minimum Gasteiger partial charge on any atom is -0.387 e. The van der Waals surface area contributed by atoms with Gasteiger partial charge in [-0.3, -0.25) is 0 Å². The Bertz CT molecular complexity index is 483. The predicted octanol–water partition coefficient (Wildman–Crippen LogP) is 2.93. The van der Waals surface area contributed by atoms with Gasteiger partial charge in [-0.15, -0.1) is 0 Å². The standard InChI is InChI=1S/C17H21NO/c1-13(12-14-8-4-2-5-9-14)16(18)17(19)15-10-6-3-7-11-15/h2-11,13,16-17,19H,12,18H2,1H3/t13?,16-,17-/m1/s1. The molecule has 0 aliphatic rings. The zero-order valence-corrected chi connectivity index (χ0v) is 11.2. The summed E-state index contributed by atoms with van der Waals surface area (Å²) >= 11 is 0. The summed E-state index contributed by atoms with van der Waals surface area (Å²) in [5, 5.41) is 10.3. The van der Waals surface area contributed by atoms with Crippen LogP contribution in [0.5, 0.6) is 0 Å². The Kier molecular flexibility index (Phi) is 4.72. The van der Waals surface area contributed by atoms with E-state index in [0.29, 0.717) is 0 Å². The molecule has 3 atom stereocenters. The van der Waals surface area contributed by atoms with Crippen molar-refractivity contribution < 1.29 is 5.11 Å². The molecule has 2 heteroatoms. The molecule has 0 heterocycles. The van der Waals surface area contributed by atoms with Gasteiger partial charge in [-0.1, -0.05) is 67.6 Å². The third kappa shape index (κ3) is 3.66. The minimum absolute atomic E-state index is 0.220. The van der Waals surface area contributed by atoms with Crippen molar-refractivity contribution >= 4 is 0 Å². The highest BCUT2D eigenvalue weighted by Crippen LogP contribution is 2.22. The summed E-state index contributed by atoms with van der Waals surface area (Å²) in [5.74, 6) is 0.220. The van der Waals surface area contributed by atoms with Crippen LogP contribution >= 0.6 is 0 Å². The third-order valence-corrected chi connectivity index (χ3v) is 3.56. The number of rotatable bonds is 5. The van der Waals surface area contributed by atoms with E-state index in [1.54, 1.807) is 0 Å². The van der Waals surface area contributed by atoms with E-state index < -0.39 is 6.10 Å². The summed E-state index contributed by atoms with van der Waals surface area (Å²) in [5.41, 5.74) is 8.33. The lowest BCUT2D eigenvalue weighted by atomic mass is 9.88. The maximum atomic E-state index is 10.3. The Hall–Kier alpha value is -1.64. The van der Waals surface area contributed by atoms with E-state index in [4.69, 9.17) is 5.73 Å². The van der Waals surface area contributed by atoms with Crippen molar-refractivity contribution in [1.29, 1.82) is 0 Å². The van der Waals surface area contributed by atoms with E-state index in [0.717, 1.165) is 12.0 Å². The molecule has 2 rings (SSSR count). The molecule has 0 bridgehead atoms. The molecule has 0 fully saturated rings. The first-order valence-electron chi connectivity index (χ1n) is 6.71. The molecule has 3 N–H and O–H groups in total. The second-order valence-corrected chi connectivity index (χ2v) is 5.10.